The zero-order valence-corrected chi connectivity index (χ0v) is 12.4. The molecule has 1 heterocycles. The molecule has 0 saturated carbocycles. The Hall–Kier alpha value is -1.88. The SMILES string of the molecule is CCOC(=O)Cc1csc(COc2cccc(C)c2)n1. The summed E-state index contributed by atoms with van der Waals surface area (Å²) < 4.78 is 10.6. The van der Waals surface area contributed by atoms with Crippen LogP contribution in [0.5, 0.6) is 5.75 Å². The third kappa shape index (κ3) is 4.35. The van der Waals surface area contributed by atoms with Crippen molar-refractivity contribution in [3.05, 3.63) is 45.9 Å². The molecule has 4 nitrogen and oxygen atoms in total. The van der Waals surface area contributed by atoms with Gasteiger partial charge in [0.2, 0.25) is 0 Å². The molecular weight excluding hydrogens is 274 g/mol. The molecule has 1 aromatic carbocycles. The van der Waals surface area contributed by atoms with Crippen LogP contribution in [0.1, 0.15) is 23.2 Å². The number of nitrogens with zero attached hydrogens (tertiary/aromatic N) is 1. The van der Waals surface area contributed by atoms with E-state index in [4.69, 9.17) is 9.47 Å². The predicted octanol–water partition coefficient (Wildman–Crippen LogP) is 3.14. The predicted molar refractivity (Wildman–Crippen MR) is 78.0 cm³/mol. The highest BCUT2D eigenvalue weighted by Gasteiger charge is 2.08. The highest BCUT2D eigenvalue weighted by molar-refractivity contribution is 7.09. The van der Waals surface area contributed by atoms with E-state index in [9.17, 15) is 4.79 Å². The van der Waals surface area contributed by atoms with Crippen molar-refractivity contribution in [1.29, 1.82) is 0 Å². The summed E-state index contributed by atoms with van der Waals surface area (Å²) in [5.74, 6) is 0.580. The van der Waals surface area contributed by atoms with Crippen molar-refractivity contribution >= 4 is 17.3 Å². The fraction of sp³-hybridized carbons (Fsp3) is 0.333. The monoisotopic (exact) mass is 291 g/mol. The van der Waals surface area contributed by atoms with Crippen LogP contribution in [0.2, 0.25) is 0 Å². The van der Waals surface area contributed by atoms with Gasteiger partial charge in [-0.05, 0) is 31.5 Å². The van der Waals surface area contributed by atoms with E-state index < -0.39 is 0 Å². The average molecular weight is 291 g/mol. The molecular formula is C15H17NO3S. The Bertz CT molecular complexity index is 580. The van der Waals surface area contributed by atoms with Crippen LogP contribution in [-0.4, -0.2) is 17.6 Å². The number of hydrogen-bond acceptors (Lipinski definition) is 5. The number of thiazole rings is 1. The Morgan fingerprint density at radius 1 is 1.40 bits per heavy atom. The van der Waals surface area contributed by atoms with Crippen LogP contribution in [0.4, 0.5) is 0 Å². The Morgan fingerprint density at radius 2 is 2.25 bits per heavy atom. The molecule has 0 saturated heterocycles. The van der Waals surface area contributed by atoms with Crippen LogP contribution in [0.25, 0.3) is 0 Å². The van der Waals surface area contributed by atoms with Crippen LogP contribution < -0.4 is 4.74 Å². The van der Waals surface area contributed by atoms with Gasteiger partial charge < -0.3 is 9.47 Å². The summed E-state index contributed by atoms with van der Waals surface area (Å²) in [4.78, 5) is 15.7. The first-order chi connectivity index (χ1) is 9.67. The fourth-order valence-electron chi connectivity index (χ4n) is 1.71. The standard InChI is InChI=1S/C15H17NO3S/c1-3-18-15(17)8-12-10-20-14(16-12)9-19-13-6-4-5-11(2)7-13/h4-7,10H,3,8-9H2,1-2H3. The van der Waals surface area contributed by atoms with Crippen LogP contribution >= 0.6 is 11.3 Å². The number of aromatic nitrogens is 1. The second-order valence-corrected chi connectivity index (χ2v) is 5.26. The molecule has 5 heteroatoms. The number of aryl methyl sites for hydroxylation is 1. The quantitative estimate of drug-likeness (QED) is 0.767. The number of ether oxygens (including phenoxy) is 2. The van der Waals surface area contributed by atoms with Gasteiger partial charge in [-0.15, -0.1) is 11.3 Å². The highest BCUT2D eigenvalue weighted by atomic mass is 32.1. The first-order valence-corrected chi connectivity index (χ1v) is 7.33. The van der Waals surface area contributed by atoms with Crippen LogP contribution in [-0.2, 0) is 22.6 Å². The second-order valence-electron chi connectivity index (χ2n) is 4.32. The summed E-state index contributed by atoms with van der Waals surface area (Å²) in [7, 11) is 0. The van der Waals surface area contributed by atoms with Crippen molar-refractivity contribution in [1.82, 2.24) is 4.98 Å². The third-order valence-corrected chi connectivity index (χ3v) is 3.45. The van der Waals surface area contributed by atoms with Crippen molar-refractivity contribution in [3.63, 3.8) is 0 Å². The zero-order chi connectivity index (χ0) is 14.4. The number of hydrogen-bond donors (Lipinski definition) is 0. The van der Waals surface area contributed by atoms with Gasteiger partial charge in [-0.1, -0.05) is 12.1 Å². The topological polar surface area (TPSA) is 48.4 Å². The van der Waals surface area contributed by atoms with Crippen molar-refractivity contribution in [2.45, 2.75) is 26.9 Å². The maximum absolute atomic E-state index is 11.3. The number of rotatable bonds is 6. The molecule has 2 rings (SSSR count). The van der Waals surface area contributed by atoms with Gasteiger partial charge in [0.15, 0.2) is 0 Å². The van der Waals surface area contributed by atoms with Gasteiger partial charge in [-0.2, -0.15) is 0 Å². The normalized spacial score (nSPS) is 10.3. The molecule has 20 heavy (non-hydrogen) atoms. The average Bonchev–Trinajstić information content (AvgIpc) is 2.84. The number of benzene rings is 1. The molecule has 0 aliphatic heterocycles. The van der Waals surface area contributed by atoms with Crippen molar-refractivity contribution in [3.8, 4) is 5.75 Å². The summed E-state index contributed by atoms with van der Waals surface area (Å²) in [6.45, 7) is 4.62. The van der Waals surface area contributed by atoms with E-state index in [1.807, 2.05) is 36.6 Å². The molecule has 0 spiro atoms. The molecule has 1 aromatic heterocycles. The first-order valence-electron chi connectivity index (χ1n) is 6.45. The van der Waals surface area contributed by atoms with Crippen LogP contribution in [0.15, 0.2) is 29.6 Å². The van der Waals surface area contributed by atoms with E-state index in [0.717, 1.165) is 22.0 Å². The molecule has 0 N–H and O–H groups in total. The molecule has 0 radical (unpaired) electrons. The number of carbonyl (C=O) groups is 1. The minimum absolute atomic E-state index is 0.217. The Morgan fingerprint density at radius 3 is 3.00 bits per heavy atom. The highest BCUT2D eigenvalue weighted by Crippen LogP contribution is 2.17. The smallest absolute Gasteiger partial charge is 0.311 e. The lowest BCUT2D eigenvalue weighted by atomic mass is 10.2. The lowest BCUT2D eigenvalue weighted by Gasteiger charge is -2.04. The van der Waals surface area contributed by atoms with Gasteiger partial charge in [0.05, 0.1) is 18.7 Å². The van der Waals surface area contributed by atoms with Crippen LogP contribution in [0, 0.1) is 6.92 Å². The molecule has 2 aromatic rings. The molecule has 106 valence electrons. The van der Waals surface area contributed by atoms with Crippen molar-refractivity contribution in [2.24, 2.45) is 0 Å². The summed E-state index contributed by atoms with van der Waals surface area (Å²) in [6, 6.07) is 7.87. The van der Waals surface area contributed by atoms with Gasteiger partial charge >= 0.3 is 5.97 Å². The van der Waals surface area contributed by atoms with Gasteiger partial charge in [0.25, 0.3) is 0 Å². The minimum Gasteiger partial charge on any atom is -0.486 e. The van der Waals surface area contributed by atoms with E-state index in [0.29, 0.717) is 13.2 Å². The van der Waals surface area contributed by atoms with E-state index in [2.05, 4.69) is 4.98 Å². The molecule has 0 aliphatic rings. The maximum atomic E-state index is 11.3. The lowest BCUT2D eigenvalue weighted by Crippen LogP contribution is -2.07. The summed E-state index contributed by atoms with van der Waals surface area (Å²) in [5, 5.41) is 2.72. The molecule has 0 atom stereocenters. The molecule has 0 amide bonds. The van der Waals surface area contributed by atoms with Crippen LogP contribution in [0.3, 0.4) is 0 Å². The minimum atomic E-state index is -0.246. The van der Waals surface area contributed by atoms with Gasteiger partial charge in [0, 0.05) is 5.38 Å². The second kappa shape index (κ2) is 7.05. The third-order valence-electron chi connectivity index (χ3n) is 2.58. The van der Waals surface area contributed by atoms with E-state index in [-0.39, 0.29) is 12.4 Å². The maximum Gasteiger partial charge on any atom is 0.311 e. The molecule has 0 bridgehead atoms. The Kier molecular flexibility index (Phi) is 5.12. The number of esters is 1. The largest absolute Gasteiger partial charge is 0.486 e. The van der Waals surface area contributed by atoms with Crippen molar-refractivity contribution in [2.75, 3.05) is 6.61 Å². The number of carbonyl (C=O) groups excluding carboxylic acids is 1. The van der Waals surface area contributed by atoms with Crippen molar-refractivity contribution < 1.29 is 14.3 Å². The summed E-state index contributed by atoms with van der Waals surface area (Å²) in [6.07, 6.45) is 0.217. The van der Waals surface area contributed by atoms with Gasteiger partial charge in [-0.3, -0.25) is 4.79 Å². The summed E-state index contributed by atoms with van der Waals surface area (Å²) in [5.41, 5.74) is 1.89. The van der Waals surface area contributed by atoms with E-state index >= 15 is 0 Å². The Balaban J connectivity index is 1.88. The van der Waals surface area contributed by atoms with E-state index in [1.54, 1.807) is 6.92 Å². The van der Waals surface area contributed by atoms with Gasteiger partial charge in [-0.25, -0.2) is 4.98 Å². The molecule has 0 aliphatic carbocycles. The zero-order valence-electron chi connectivity index (χ0n) is 11.6. The summed E-state index contributed by atoms with van der Waals surface area (Å²) >= 11 is 1.49. The van der Waals surface area contributed by atoms with E-state index in [1.165, 1.54) is 11.3 Å². The molecule has 0 unspecified atom stereocenters. The van der Waals surface area contributed by atoms with Gasteiger partial charge in [0.1, 0.15) is 17.4 Å². The lowest BCUT2D eigenvalue weighted by molar-refractivity contribution is -0.142. The Labute approximate surface area is 122 Å². The molecule has 0 fully saturated rings. The fourth-order valence-corrected chi connectivity index (χ4v) is 2.41. The first kappa shape index (κ1) is 14.5.